The fraction of sp³-hybridized carbons (Fsp3) is 0.333. The molecular formula is C15H17BrN2O2. The zero-order valence-corrected chi connectivity index (χ0v) is 13.1. The van der Waals surface area contributed by atoms with E-state index in [0.717, 1.165) is 28.1 Å². The molecule has 0 aliphatic carbocycles. The maximum absolute atomic E-state index is 10.7. The second-order valence-corrected chi connectivity index (χ2v) is 5.73. The zero-order valence-electron chi connectivity index (χ0n) is 11.6. The van der Waals surface area contributed by atoms with E-state index in [1.165, 1.54) is 5.56 Å². The molecule has 4 nitrogen and oxygen atoms in total. The Bertz CT molecular complexity index is 618. The molecule has 1 aromatic heterocycles. The normalized spacial score (nSPS) is 10.8. The highest BCUT2D eigenvalue weighted by Crippen LogP contribution is 2.18. The van der Waals surface area contributed by atoms with Crippen LogP contribution in [0, 0.1) is 6.92 Å². The monoisotopic (exact) mass is 336 g/mol. The highest BCUT2D eigenvalue weighted by Gasteiger charge is 2.13. The highest BCUT2D eigenvalue weighted by atomic mass is 79.9. The summed E-state index contributed by atoms with van der Waals surface area (Å²) < 4.78 is 3.07. The molecule has 0 atom stereocenters. The largest absolute Gasteiger partial charge is 0.481 e. The van der Waals surface area contributed by atoms with Crippen LogP contribution in [0.5, 0.6) is 0 Å². The molecule has 0 aliphatic heterocycles. The Balaban J connectivity index is 2.19. The Hall–Kier alpha value is -1.62. The van der Waals surface area contributed by atoms with Gasteiger partial charge in [-0.05, 0) is 24.6 Å². The molecule has 1 N–H and O–H groups in total. The predicted molar refractivity (Wildman–Crippen MR) is 80.8 cm³/mol. The Morgan fingerprint density at radius 1 is 1.35 bits per heavy atom. The number of hydrogen-bond acceptors (Lipinski definition) is 2. The van der Waals surface area contributed by atoms with Gasteiger partial charge >= 0.3 is 5.97 Å². The number of aliphatic carboxylic acids is 1. The number of aromatic nitrogens is 2. The van der Waals surface area contributed by atoms with Crippen LogP contribution in [0.25, 0.3) is 0 Å². The molecule has 20 heavy (non-hydrogen) atoms. The molecule has 0 aliphatic rings. The number of nitrogens with zero attached hydrogens (tertiary/aromatic N) is 2. The summed E-state index contributed by atoms with van der Waals surface area (Å²) in [6, 6.07) is 8.19. The van der Waals surface area contributed by atoms with Gasteiger partial charge in [0.15, 0.2) is 0 Å². The van der Waals surface area contributed by atoms with Crippen molar-refractivity contribution in [3.8, 4) is 0 Å². The third-order valence-electron chi connectivity index (χ3n) is 3.35. The van der Waals surface area contributed by atoms with Crippen molar-refractivity contribution in [1.82, 2.24) is 9.55 Å². The van der Waals surface area contributed by atoms with E-state index in [0.29, 0.717) is 6.42 Å². The van der Waals surface area contributed by atoms with Gasteiger partial charge in [-0.25, -0.2) is 4.98 Å². The summed E-state index contributed by atoms with van der Waals surface area (Å²) in [6.45, 7) is 1.97. The number of carbonyl (C=O) groups is 1. The fourth-order valence-corrected chi connectivity index (χ4v) is 2.48. The first-order valence-electron chi connectivity index (χ1n) is 6.44. The number of carboxylic acids is 1. The van der Waals surface area contributed by atoms with Crippen molar-refractivity contribution in [3.63, 3.8) is 0 Å². The maximum atomic E-state index is 10.7. The van der Waals surface area contributed by atoms with Gasteiger partial charge in [-0.15, -0.1) is 0 Å². The van der Waals surface area contributed by atoms with Crippen LogP contribution in [-0.4, -0.2) is 20.6 Å². The summed E-state index contributed by atoms with van der Waals surface area (Å²) in [7, 11) is 1.95. The van der Waals surface area contributed by atoms with Gasteiger partial charge in [-0.2, -0.15) is 0 Å². The minimum absolute atomic E-state index is 0.113. The van der Waals surface area contributed by atoms with Gasteiger partial charge in [0.2, 0.25) is 0 Å². The number of halogens is 1. The van der Waals surface area contributed by atoms with Gasteiger partial charge in [0, 0.05) is 30.1 Å². The summed E-state index contributed by atoms with van der Waals surface area (Å²) in [5, 5.41) is 8.76. The van der Waals surface area contributed by atoms with Crippen molar-refractivity contribution in [1.29, 1.82) is 0 Å². The molecule has 0 unspecified atom stereocenters. The van der Waals surface area contributed by atoms with Crippen LogP contribution in [0.4, 0.5) is 0 Å². The number of benzene rings is 1. The van der Waals surface area contributed by atoms with Gasteiger partial charge in [0.1, 0.15) is 5.82 Å². The van der Waals surface area contributed by atoms with Crippen LogP contribution in [-0.2, 0) is 24.7 Å². The zero-order chi connectivity index (χ0) is 14.7. The van der Waals surface area contributed by atoms with Crippen LogP contribution in [0.15, 0.2) is 28.7 Å². The Morgan fingerprint density at radius 3 is 2.60 bits per heavy atom. The number of carboxylic acid groups (broad SMARTS) is 1. The molecule has 0 bridgehead atoms. The summed E-state index contributed by atoms with van der Waals surface area (Å²) >= 11 is 3.42. The first-order chi connectivity index (χ1) is 9.47. The molecule has 2 aromatic rings. The summed E-state index contributed by atoms with van der Waals surface area (Å²) in [4.78, 5) is 15.1. The molecule has 0 saturated carbocycles. The molecule has 2 rings (SSSR count). The SMILES string of the molecule is Cc1nc(CCC(=O)O)n(C)c1Cc1ccc(Br)cc1. The minimum Gasteiger partial charge on any atom is -0.481 e. The van der Waals surface area contributed by atoms with E-state index in [-0.39, 0.29) is 6.42 Å². The molecule has 0 amide bonds. The molecule has 0 fully saturated rings. The lowest BCUT2D eigenvalue weighted by molar-refractivity contribution is -0.137. The third-order valence-corrected chi connectivity index (χ3v) is 3.88. The van der Waals surface area contributed by atoms with Gasteiger partial charge in [-0.1, -0.05) is 28.1 Å². The highest BCUT2D eigenvalue weighted by molar-refractivity contribution is 9.10. The molecule has 106 valence electrons. The molecule has 5 heteroatoms. The Kier molecular flexibility index (Phi) is 4.60. The van der Waals surface area contributed by atoms with E-state index >= 15 is 0 Å². The molecule has 1 aromatic carbocycles. The van der Waals surface area contributed by atoms with Crippen molar-refractivity contribution < 1.29 is 9.90 Å². The summed E-state index contributed by atoms with van der Waals surface area (Å²) in [5.74, 6) is 0.0390. The van der Waals surface area contributed by atoms with E-state index in [2.05, 4.69) is 33.0 Å². The third kappa shape index (κ3) is 3.48. The van der Waals surface area contributed by atoms with E-state index in [1.807, 2.05) is 30.7 Å². The van der Waals surface area contributed by atoms with Crippen molar-refractivity contribution in [2.75, 3.05) is 0 Å². The van der Waals surface area contributed by atoms with E-state index < -0.39 is 5.97 Å². The second kappa shape index (κ2) is 6.22. The molecule has 1 heterocycles. The fourth-order valence-electron chi connectivity index (χ4n) is 2.22. The first kappa shape index (κ1) is 14.8. The van der Waals surface area contributed by atoms with Crippen molar-refractivity contribution in [2.24, 2.45) is 7.05 Å². The molecular weight excluding hydrogens is 320 g/mol. The lowest BCUT2D eigenvalue weighted by atomic mass is 10.1. The van der Waals surface area contributed by atoms with Gasteiger partial charge in [0.25, 0.3) is 0 Å². The van der Waals surface area contributed by atoms with Crippen molar-refractivity contribution in [3.05, 3.63) is 51.5 Å². The Morgan fingerprint density at radius 2 is 2.00 bits per heavy atom. The van der Waals surface area contributed by atoms with Crippen molar-refractivity contribution in [2.45, 2.75) is 26.2 Å². The standard InChI is InChI=1S/C15H17BrN2O2/c1-10-13(9-11-3-5-12(16)6-4-11)18(2)14(17-10)7-8-15(19)20/h3-6H,7-9H2,1-2H3,(H,19,20). The number of hydrogen-bond donors (Lipinski definition) is 1. The van der Waals surface area contributed by atoms with Crippen molar-refractivity contribution >= 4 is 21.9 Å². The van der Waals surface area contributed by atoms with E-state index in [1.54, 1.807) is 0 Å². The first-order valence-corrected chi connectivity index (χ1v) is 7.24. The number of imidazole rings is 1. The quantitative estimate of drug-likeness (QED) is 0.912. The van der Waals surface area contributed by atoms with Crippen LogP contribution in [0.1, 0.15) is 29.2 Å². The predicted octanol–water partition coefficient (Wildman–Crippen LogP) is 3.10. The van der Waals surface area contributed by atoms with Crippen LogP contribution >= 0.6 is 15.9 Å². The smallest absolute Gasteiger partial charge is 0.303 e. The topological polar surface area (TPSA) is 55.1 Å². The number of aryl methyl sites for hydroxylation is 2. The maximum Gasteiger partial charge on any atom is 0.303 e. The lowest BCUT2D eigenvalue weighted by Crippen LogP contribution is -2.06. The van der Waals surface area contributed by atoms with E-state index in [9.17, 15) is 4.79 Å². The lowest BCUT2D eigenvalue weighted by Gasteiger charge is -2.06. The summed E-state index contributed by atoms with van der Waals surface area (Å²) in [5.41, 5.74) is 3.31. The van der Waals surface area contributed by atoms with E-state index in [4.69, 9.17) is 5.11 Å². The van der Waals surface area contributed by atoms with Gasteiger partial charge < -0.3 is 9.67 Å². The van der Waals surface area contributed by atoms with Crippen LogP contribution < -0.4 is 0 Å². The van der Waals surface area contributed by atoms with Gasteiger partial charge in [-0.3, -0.25) is 4.79 Å². The molecule has 0 spiro atoms. The number of rotatable bonds is 5. The second-order valence-electron chi connectivity index (χ2n) is 4.82. The molecule has 0 radical (unpaired) electrons. The Labute approximate surface area is 126 Å². The average Bonchev–Trinajstić information content (AvgIpc) is 2.66. The summed E-state index contributed by atoms with van der Waals surface area (Å²) in [6.07, 6.45) is 1.38. The van der Waals surface area contributed by atoms with Crippen LogP contribution in [0.3, 0.4) is 0 Å². The minimum atomic E-state index is -0.792. The molecule has 0 saturated heterocycles. The van der Waals surface area contributed by atoms with Crippen LogP contribution in [0.2, 0.25) is 0 Å². The average molecular weight is 337 g/mol. The van der Waals surface area contributed by atoms with Gasteiger partial charge in [0.05, 0.1) is 12.1 Å².